The van der Waals surface area contributed by atoms with Gasteiger partial charge in [0.2, 0.25) is 5.91 Å². The Morgan fingerprint density at radius 3 is 2.58 bits per heavy atom. The highest BCUT2D eigenvalue weighted by molar-refractivity contribution is 5.77. The van der Waals surface area contributed by atoms with Gasteiger partial charge >= 0.3 is 0 Å². The Balaban J connectivity index is 1.95. The summed E-state index contributed by atoms with van der Waals surface area (Å²) in [6.45, 7) is 6.28. The molecule has 0 aliphatic heterocycles. The molecule has 1 amide bonds. The van der Waals surface area contributed by atoms with Gasteiger partial charge in [-0.15, -0.1) is 0 Å². The van der Waals surface area contributed by atoms with E-state index in [2.05, 4.69) is 48.7 Å². The number of benzene rings is 1. The van der Waals surface area contributed by atoms with Gasteiger partial charge in [0.05, 0.1) is 6.54 Å². The van der Waals surface area contributed by atoms with Crippen LogP contribution in [0.3, 0.4) is 0 Å². The molecule has 1 rings (SSSR count). The van der Waals surface area contributed by atoms with Crippen molar-refractivity contribution < 1.29 is 4.79 Å². The molecule has 1 aromatic rings. The third-order valence-corrected chi connectivity index (χ3v) is 2.90. The second-order valence-corrected chi connectivity index (χ2v) is 5.32. The van der Waals surface area contributed by atoms with E-state index in [1.165, 1.54) is 5.56 Å². The average molecular weight is 262 g/mol. The van der Waals surface area contributed by atoms with E-state index in [0.717, 1.165) is 32.4 Å². The van der Waals surface area contributed by atoms with Crippen molar-refractivity contribution in [2.45, 2.75) is 33.1 Å². The molecule has 0 bridgehead atoms. The molecule has 3 heteroatoms. The molecule has 0 atom stereocenters. The monoisotopic (exact) mass is 262 g/mol. The molecule has 0 fully saturated rings. The standard InChI is InChI=1S/C16H26N2O/c1-14(2)12-18-16(19)13-17-11-7-6-10-15-8-4-3-5-9-15/h3-5,8-9,14,17H,6-7,10-13H2,1-2H3,(H,18,19). The quantitative estimate of drug-likeness (QED) is 0.671. The van der Waals surface area contributed by atoms with Crippen molar-refractivity contribution in [2.24, 2.45) is 5.92 Å². The summed E-state index contributed by atoms with van der Waals surface area (Å²) in [5.41, 5.74) is 1.39. The van der Waals surface area contributed by atoms with Gasteiger partial charge in [-0.1, -0.05) is 44.2 Å². The van der Waals surface area contributed by atoms with E-state index >= 15 is 0 Å². The normalized spacial score (nSPS) is 10.7. The largest absolute Gasteiger partial charge is 0.355 e. The molecule has 2 N–H and O–H groups in total. The molecule has 0 saturated carbocycles. The van der Waals surface area contributed by atoms with Gasteiger partial charge in [-0.2, -0.15) is 0 Å². The van der Waals surface area contributed by atoms with Crippen molar-refractivity contribution in [3.8, 4) is 0 Å². The molecular formula is C16H26N2O. The first kappa shape index (κ1) is 15.7. The summed E-state index contributed by atoms with van der Waals surface area (Å²) in [4.78, 5) is 11.4. The van der Waals surface area contributed by atoms with Gasteiger partial charge in [-0.05, 0) is 37.3 Å². The molecule has 3 nitrogen and oxygen atoms in total. The highest BCUT2D eigenvalue weighted by Crippen LogP contribution is 2.03. The fourth-order valence-electron chi connectivity index (χ4n) is 1.81. The third-order valence-electron chi connectivity index (χ3n) is 2.90. The predicted molar refractivity (Wildman–Crippen MR) is 80.1 cm³/mol. The Morgan fingerprint density at radius 1 is 1.16 bits per heavy atom. The maximum absolute atomic E-state index is 11.4. The zero-order chi connectivity index (χ0) is 13.9. The van der Waals surface area contributed by atoms with Crippen molar-refractivity contribution in [1.29, 1.82) is 0 Å². The number of rotatable bonds is 9. The molecule has 0 aliphatic carbocycles. The molecule has 0 unspecified atom stereocenters. The zero-order valence-corrected chi connectivity index (χ0v) is 12.1. The van der Waals surface area contributed by atoms with Crippen molar-refractivity contribution in [3.63, 3.8) is 0 Å². The maximum atomic E-state index is 11.4. The van der Waals surface area contributed by atoms with E-state index in [4.69, 9.17) is 0 Å². The minimum absolute atomic E-state index is 0.0942. The van der Waals surface area contributed by atoms with Crippen molar-refractivity contribution in [2.75, 3.05) is 19.6 Å². The Bertz CT molecular complexity index is 349. The van der Waals surface area contributed by atoms with Gasteiger partial charge in [0.25, 0.3) is 0 Å². The summed E-state index contributed by atoms with van der Waals surface area (Å²) in [6.07, 6.45) is 3.37. The van der Waals surface area contributed by atoms with Crippen molar-refractivity contribution in [1.82, 2.24) is 10.6 Å². The topological polar surface area (TPSA) is 41.1 Å². The molecule has 106 valence electrons. The summed E-state index contributed by atoms with van der Waals surface area (Å²) in [7, 11) is 0. The number of aryl methyl sites for hydroxylation is 1. The minimum Gasteiger partial charge on any atom is -0.355 e. The van der Waals surface area contributed by atoms with E-state index in [0.29, 0.717) is 12.5 Å². The summed E-state index contributed by atoms with van der Waals surface area (Å²) in [5.74, 6) is 0.603. The van der Waals surface area contributed by atoms with Gasteiger partial charge in [-0.25, -0.2) is 0 Å². The molecule has 0 aromatic heterocycles. The molecule has 0 spiro atoms. The number of amides is 1. The van der Waals surface area contributed by atoms with Crippen LogP contribution in [0.15, 0.2) is 30.3 Å². The van der Waals surface area contributed by atoms with E-state index in [1.807, 2.05) is 6.07 Å². The number of unbranched alkanes of at least 4 members (excludes halogenated alkanes) is 1. The lowest BCUT2D eigenvalue weighted by atomic mass is 10.1. The van der Waals surface area contributed by atoms with Gasteiger partial charge in [0, 0.05) is 6.54 Å². The first-order valence-corrected chi connectivity index (χ1v) is 7.20. The van der Waals surface area contributed by atoms with E-state index in [9.17, 15) is 4.79 Å². The molecule has 0 aliphatic rings. The first-order chi connectivity index (χ1) is 9.18. The lowest BCUT2D eigenvalue weighted by Crippen LogP contribution is -2.36. The number of hydrogen-bond acceptors (Lipinski definition) is 2. The fourth-order valence-corrected chi connectivity index (χ4v) is 1.81. The molecule has 0 heterocycles. The van der Waals surface area contributed by atoms with Crippen LogP contribution in [0.5, 0.6) is 0 Å². The van der Waals surface area contributed by atoms with E-state index in [-0.39, 0.29) is 5.91 Å². The second-order valence-electron chi connectivity index (χ2n) is 5.32. The van der Waals surface area contributed by atoms with Crippen LogP contribution in [0.4, 0.5) is 0 Å². The highest BCUT2D eigenvalue weighted by atomic mass is 16.1. The average Bonchev–Trinajstić information content (AvgIpc) is 2.41. The van der Waals surface area contributed by atoms with Crippen LogP contribution in [-0.4, -0.2) is 25.5 Å². The smallest absolute Gasteiger partial charge is 0.233 e. The molecule has 19 heavy (non-hydrogen) atoms. The number of nitrogens with one attached hydrogen (secondary N) is 2. The Hall–Kier alpha value is -1.35. The second kappa shape index (κ2) is 9.56. The van der Waals surface area contributed by atoms with Crippen LogP contribution < -0.4 is 10.6 Å². The van der Waals surface area contributed by atoms with Crippen molar-refractivity contribution >= 4 is 5.91 Å². The summed E-state index contributed by atoms with van der Waals surface area (Å²) >= 11 is 0. The minimum atomic E-state index is 0.0942. The van der Waals surface area contributed by atoms with Crippen LogP contribution in [0.2, 0.25) is 0 Å². The maximum Gasteiger partial charge on any atom is 0.233 e. The van der Waals surface area contributed by atoms with Crippen LogP contribution in [0, 0.1) is 5.92 Å². The Kier molecular flexibility index (Phi) is 7.91. The zero-order valence-electron chi connectivity index (χ0n) is 12.1. The molecule has 1 aromatic carbocycles. The number of carbonyl (C=O) groups is 1. The molecule has 0 radical (unpaired) electrons. The van der Waals surface area contributed by atoms with Crippen LogP contribution >= 0.6 is 0 Å². The molecule has 0 saturated heterocycles. The first-order valence-electron chi connectivity index (χ1n) is 7.20. The summed E-state index contributed by atoms with van der Waals surface area (Å²) in [6, 6.07) is 10.5. The van der Waals surface area contributed by atoms with E-state index < -0.39 is 0 Å². The van der Waals surface area contributed by atoms with Gasteiger partial charge in [-0.3, -0.25) is 4.79 Å². The Morgan fingerprint density at radius 2 is 1.89 bits per heavy atom. The van der Waals surface area contributed by atoms with E-state index in [1.54, 1.807) is 0 Å². The third kappa shape index (κ3) is 8.38. The predicted octanol–water partition coefficient (Wildman–Crippen LogP) is 2.37. The van der Waals surface area contributed by atoms with Crippen LogP contribution in [0.1, 0.15) is 32.3 Å². The highest BCUT2D eigenvalue weighted by Gasteiger charge is 2.01. The number of carbonyl (C=O) groups excluding carboxylic acids is 1. The SMILES string of the molecule is CC(C)CNC(=O)CNCCCCc1ccccc1. The molecular weight excluding hydrogens is 236 g/mol. The van der Waals surface area contributed by atoms with Gasteiger partial charge in [0.1, 0.15) is 0 Å². The fraction of sp³-hybridized carbons (Fsp3) is 0.562. The van der Waals surface area contributed by atoms with Crippen LogP contribution in [0.25, 0.3) is 0 Å². The summed E-state index contributed by atoms with van der Waals surface area (Å²) < 4.78 is 0. The summed E-state index contributed by atoms with van der Waals surface area (Å²) in [5, 5.41) is 6.08. The van der Waals surface area contributed by atoms with Crippen molar-refractivity contribution in [3.05, 3.63) is 35.9 Å². The lowest BCUT2D eigenvalue weighted by Gasteiger charge is -2.08. The number of hydrogen-bond donors (Lipinski definition) is 2. The van der Waals surface area contributed by atoms with Gasteiger partial charge in [0.15, 0.2) is 0 Å². The van der Waals surface area contributed by atoms with Gasteiger partial charge < -0.3 is 10.6 Å². The lowest BCUT2D eigenvalue weighted by molar-refractivity contribution is -0.120. The van der Waals surface area contributed by atoms with Crippen LogP contribution in [-0.2, 0) is 11.2 Å². The Labute approximate surface area is 116 Å².